The Balaban J connectivity index is 1.96. The van der Waals surface area contributed by atoms with E-state index < -0.39 is 33.6 Å². The third-order valence-electron chi connectivity index (χ3n) is 5.32. The van der Waals surface area contributed by atoms with Crippen LogP contribution in [0.25, 0.3) is 0 Å². The van der Waals surface area contributed by atoms with E-state index in [0.29, 0.717) is 0 Å². The van der Waals surface area contributed by atoms with Crippen LogP contribution < -0.4 is 4.72 Å². The van der Waals surface area contributed by atoms with Crippen molar-refractivity contribution in [1.82, 2.24) is 4.72 Å². The summed E-state index contributed by atoms with van der Waals surface area (Å²) in [6.07, 6.45) is -0.738. The van der Waals surface area contributed by atoms with Crippen molar-refractivity contribution in [2.75, 3.05) is 0 Å². The molecule has 1 aliphatic heterocycles. The first kappa shape index (κ1) is 20.0. The molecule has 0 saturated carbocycles. The van der Waals surface area contributed by atoms with Gasteiger partial charge in [-0.1, -0.05) is 48.0 Å². The standard InChI is InChI=1S/C21H27NO4S/c1-15-11-13-17(14-12-15)27(23,24)22-18(16-9-7-6-8-10-16)19-25-20(2,3)21(4,5)26-19/h6-14,18-19,22H,1-5H3/t18-/m1/s1. The lowest BCUT2D eigenvalue weighted by Gasteiger charge is -2.30. The van der Waals surface area contributed by atoms with Gasteiger partial charge < -0.3 is 9.47 Å². The van der Waals surface area contributed by atoms with Gasteiger partial charge in [-0.25, -0.2) is 8.42 Å². The number of nitrogens with one attached hydrogen (secondary N) is 1. The minimum atomic E-state index is -3.75. The largest absolute Gasteiger partial charge is 0.342 e. The maximum atomic E-state index is 13.0. The number of rotatable bonds is 5. The van der Waals surface area contributed by atoms with Crippen LogP contribution in [-0.2, 0) is 19.5 Å². The molecule has 6 heteroatoms. The summed E-state index contributed by atoms with van der Waals surface area (Å²) >= 11 is 0. The highest BCUT2D eigenvalue weighted by molar-refractivity contribution is 7.89. The monoisotopic (exact) mass is 389 g/mol. The fourth-order valence-electron chi connectivity index (χ4n) is 2.92. The van der Waals surface area contributed by atoms with E-state index in [1.807, 2.05) is 65.0 Å². The van der Waals surface area contributed by atoms with Gasteiger partial charge in [0.05, 0.1) is 22.1 Å². The minimum Gasteiger partial charge on any atom is -0.342 e. The second-order valence-corrected chi connectivity index (χ2v) is 9.66. The maximum Gasteiger partial charge on any atom is 0.241 e. The summed E-state index contributed by atoms with van der Waals surface area (Å²) in [5, 5.41) is 0. The summed E-state index contributed by atoms with van der Waals surface area (Å²) in [4.78, 5) is 0.213. The van der Waals surface area contributed by atoms with Crippen molar-refractivity contribution < 1.29 is 17.9 Å². The van der Waals surface area contributed by atoms with Crippen LogP contribution in [0.2, 0.25) is 0 Å². The van der Waals surface area contributed by atoms with Crippen molar-refractivity contribution in [2.45, 2.75) is 63.0 Å². The highest BCUT2D eigenvalue weighted by Gasteiger charge is 2.52. The predicted molar refractivity (Wildman–Crippen MR) is 105 cm³/mol. The molecule has 0 aliphatic carbocycles. The van der Waals surface area contributed by atoms with Gasteiger partial charge >= 0.3 is 0 Å². The Labute approximate surface area is 161 Å². The van der Waals surface area contributed by atoms with Gasteiger partial charge in [-0.05, 0) is 52.3 Å². The smallest absolute Gasteiger partial charge is 0.241 e. The van der Waals surface area contributed by atoms with Crippen LogP contribution in [0.1, 0.15) is 44.9 Å². The van der Waals surface area contributed by atoms with Crippen molar-refractivity contribution in [1.29, 1.82) is 0 Å². The average molecular weight is 390 g/mol. The van der Waals surface area contributed by atoms with Crippen LogP contribution in [0.3, 0.4) is 0 Å². The lowest BCUT2D eigenvalue weighted by atomic mass is 9.90. The van der Waals surface area contributed by atoms with E-state index in [1.165, 1.54) is 0 Å². The van der Waals surface area contributed by atoms with Gasteiger partial charge in [-0.2, -0.15) is 4.72 Å². The molecular weight excluding hydrogens is 362 g/mol. The van der Waals surface area contributed by atoms with E-state index >= 15 is 0 Å². The molecule has 5 nitrogen and oxygen atoms in total. The Bertz CT molecular complexity index is 874. The Morgan fingerprint density at radius 1 is 0.889 bits per heavy atom. The van der Waals surface area contributed by atoms with Crippen molar-refractivity contribution in [3.63, 3.8) is 0 Å². The maximum absolute atomic E-state index is 13.0. The van der Waals surface area contributed by atoms with Crippen LogP contribution in [0, 0.1) is 6.92 Å². The van der Waals surface area contributed by atoms with E-state index in [1.54, 1.807) is 24.3 Å². The molecule has 146 valence electrons. The first-order chi connectivity index (χ1) is 12.5. The van der Waals surface area contributed by atoms with Crippen LogP contribution in [0.4, 0.5) is 0 Å². The van der Waals surface area contributed by atoms with Crippen LogP contribution in [0.5, 0.6) is 0 Å². The fourth-order valence-corrected chi connectivity index (χ4v) is 4.13. The predicted octanol–water partition coefficient (Wildman–Crippen LogP) is 3.94. The van der Waals surface area contributed by atoms with Gasteiger partial charge in [-0.3, -0.25) is 0 Å². The molecule has 0 unspecified atom stereocenters. The van der Waals surface area contributed by atoms with Crippen LogP contribution >= 0.6 is 0 Å². The quantitative estimate of drug-likeness (QED) is 0.841. The van der Waals surface area contributed by atoms with Crippen molar-refractivity contribution in [3.8, 4) is 0 Å². The molecule has 1 saturated heterocycles. The SMILES string of the molecule is Cc1ccc(S(=O)(=O)N[C@H](c2ccccc2)C2OC(C)(C)C(C)(C)O2)cc1. The molecular formula is C21H27NO4S. The molecule has 0 radical (unpaired) electrons. The molecule has 1 aliphatic rings. The summed E-state index contributed by atoms with van der Waals surface area (Å²) in [5.41, 5.74) is 0.672. The number of hydrogen-bond donors (Lipinski definition) is 1. The van der Waals surface area contributed by atoms with Crippen LogP contribution in [-0.4, -0.2) is 25.9 Å². The number of benzene rings is 2. The van der Waals surface area contributed by atoms with Gasteiger partial charge in [-0.15, -0.1) is 0 Å². The van der Waals surface area contributed by atoms with Crippen LogP contribution in [0.15, 0.2) is 59.5 Å². The Hall–Kier alpha value is -1.73. The third kappa shape index (κ3) is 4.09. The minimum absolute atomic E-state index is 0.213. The molecule has 2 aromatic carbocycles. The van der Waals surface area contributed by atoms with Crippen molar-refractivity contribution >= 4 is 10.0 Å². The Morgan fingerprint density at radius 3 is 1.93 bits per heavy atom. The molecule has 0 amide bonds. The van der Waals surface area contributed by atoms with E-state index in [2.05, 4.69) is 4.72 Å². The Kier molecular flexibility index (Phi) is 5.20. The lowest BCUT2D eigenvalue weighted by molar-refractivity contribution is -0.105. The average Bonchev–Trinajstić information content (AvgIpc) is 2.81. The zero-order valence-electron chi connectivity index (χ0n) is 16.4. The molecule has 1 N–H and O–H groups in total. The van der Waals surface area contributed by atoms with Gasteiger partial charge in [0.15, 0.2) is 6.29 Å². The Morgan fingerprint density at radius 2 is 1.41 bits per heavy atom. The second kappa shape index (κ2) is 7.02. The lowest BCUT2D eigenvalue weighted by Crippen LogP contribution is -2.41. The van der Waals surface area contributed by atoms with Gasteiger partial charge in [0.25, 0.3) is 0 Å². The van der Waals surface area contributed by atoms with E-state index in [4.69, 9.17) is 9.47 Å². The third-order valence-corrected chi connectivity index (χ3v) is 6.77. The van der Waals surface area contributed by atoms with Gasteiger partial charge in [0.2, 0.25) is 10.0 Å². The molecule has 1 fully saturated rings. The molecule has 1 atom stereocenters. The number of ether oxygens (including phenoxy) is 2. The first-order valence-corrected chi connectivity index (χ1v) is 10.5. The zero-order chi connectivity index (χ0) is 19.9. The zero-order valence-corrected chi connectivity index (χ0v) is 17.2. The van der Waals surface area contributed by atoms with E-state index in [-0.39, 0.29) is 4.90 Å². The summed E-state index contributed by atoms with van der Waals surface area (Å²) in [6.45, 7) is 9.71. The van der Waals surface area contributed by atoms with Gasteiger partial charge in [0, 0.05) is 0 Å². The number of sulfonamides is 1. The number of hydrogen-bond acceptors (Lipinski definition) is 4. The molecule has 2 aromatic rings. The molecule has 27 heavy (non-hydrogen) atoms. The molecule has 0 spiro atoms. The highest BCUT2D eigenvalue weighted by Crippen LogP contribution is 2.42. The molecule has 3 rings (SSSR count). The second-order valence-electron chi connectivity index (χ2n) is 7.95. The summed E-state index contributed by atoms with van der Waals surface area (Å²) in [7, 11) is -3.75. The topological polar surface area (TPSA) is 64.6 Å². The molecule has 1 heterocycles. The van der Waals surface area contributed by atoms with E-state index in [0.717, 1.165) is 11.1 Å². The van der Waals surface area contributed by atoms with E-state index in [9.17, 15) is 8.42 Å². The van der Waals surface area contributed by atoms with Crippen molar-refractivity contribution in [2.24, 2.45) is 0 Å². The molecule has 0 bridgehead atoms. The normalized spacial score (nSPS) is 20.5. The fraction of sp³-hybridized carbons (Fsp3) is 0.429. The van der Waals surface area contributed by atoms with Crippen molar-refractivity contribution in [3.05, 3.63) is 65.7 Å². The first-order valence-electron chi connectivity index (χ1n) is 9.01. The highest BCUT2D eigenvalue weighted by atomic mass is 32.2. The number of aryl methyl sites for hydroxylation is 1. The summed E-state index contributed by atoms with van der Waals surface area (Å²) in [5.74, 6) is 0. The molecule has 0 aromatic heterocycles. The summed E-state index contributed by atoms with van der Waals surface area (Å²) in [6, 6.07) is 15.5. The van der Waals surface area contributed by atoms with Gasteiger partial charge in [0.1, 0.15) is 0 Å². The summed E-state index contributed by atoms with van der Waals surface area (Å²) < 4.78 is 41.0.